The van der Waals surface area contributed by atoms with Gasteiger partial charge in [-0.1, -0.05) is 0 Å². The van der Waals surface area contributed by atoms with Crippen LogP contribution < -0.4 is 0 Å². The van der Waals surface area contributed by atoms with E-state index in [4.69, 9.17) is 230 Å². The molecule has 0 fully saturated rings. The zero-order valence-corrected chi connectivity index (χ0v) is 80.0. The van der Waals surface area contributed by atoms with Gasteiger partial charge >= 0.3 is 43.3 Å². The van der Waals surface area contributed by atoms with Gasteiger partial charge in [0, 0.05) is 79.3 Å². The maximum atomic E-state index is 6.97. The van der Waals surface area contributed by atoms with Crippen molar-refractivity contribution in [2.75, 3.05) is 79.3 Å². The highest BCUT2D eigenvalue weighted by Gasteiger charge is 2.48. The van der Waals surface area contributed by atoms with Crippen LogP contribution >= 0.6 is 177 Å². The fourth-order valence-corrected chi connectivity index (χ4v) is 32.6. The molecule has 0 rings (SSSR count). The third kappa shape index (κ3) is 62.1. The molecule has 0 aliphatic heterocycles. The van der Waals surface area contributed by atoms with Crippen molar-refractivity contribution in [3.05, 3.63) is 0 Å². The summed E-state index contributed by atoms with van der Waals surface area (Å²) in [4.78, 5) is 0. The molecule has 536 valence electrons. The number of halogens is 16. The second-order valence-corrected chi connectivity index (χ2v) is 106. The van der Waals surface area contributed by atoms with Gasteiger partial charge in [0.05, 0.1) is 0 Å². The molecule has 89 heavy (non-hydrogen) atoms. The Bertz CT molecular complexity index is 1480. The Morgan fingerprint density at radius 1 is 0.157 bits per heavy atom. The van der Waals surface area contributed by atoms with E-state index in [9.17, 15) is 0 Å². The van der Waals surface area contributed by atoms with Crippen molar-refractivity contribution < 1.29 is 53.1 Å². The van der Waals surface area contributed by atoms with E-state index in [2.05, 4.69) is 26.2 Å². The smallest absolute Gasteiger partial charge is 0.394 e. The first-order valence-corrected chi connectivity index (χ1v) is 80.8. The first-order valence-electron chi connectivity index (χ1n) is 31.2. The van der Waals surface area contributed by atoms with Gasteiger partial charge in [-0.3, -0.25) is 0 Å². The Balaban J connectivity index is 7.43. The quantitative estimate of drug-likeness (QED) is 0.0328. The van der Waals surface area contributed by atoms with Crippen molar-refractivity contribution in [2.45, 2.75) is 228 Å². The van der Waals surface area contributed by atoms with Crippen LogP contribution in [0.1, 0.15) is 77.0 Å². The van der Waals surface area contributed by atoms with Crippen LogP contribution in [0.5, 0.6) is 0 Å². The van der Waals surface area contributed by atoms with Crippen molar-refractivity contribution in [2.24, 2.45) is 0 Å². The molecule has 0 N–H and O–H groups in total. The second kappa shape index (κ2) is 47.4. The van der Waals surface area contributed by atoms with Gasteiger partial charge in [0.2, 0.25) is 53.5 Å². The van der Waals surface area contributed by atoms with E-state index >= 15 is 0 Å². The highest BCUT2D eigenvalue weighted by molar-refractivity contribution is 7.47. The zero-order chi connectivity index (χ0) is 68.4. The summed E-state index contributed by atoms with van der Waals surface area (Å²) in [5.74, 6) is 0. The van der Waals surface area contributed by atoms with E-state index in [-0.39, 0.29) is 26.4 Å². The molecule has 0 aromatic carbocycles. The molecule has 12 nitrogen and oxygen atoms in total. The van der Waals surface area contributed by atoms with Crippen LogP contribution in [0.15, 0.2) is 0 Å². The lowest BCUT2D eigenvalue weighted by Gasteiger charge is -2.32. The van der Waals surface area contributed by atoms with Crippen LogP contribution in [0.4, 0.5) is 0 Å². The van der Waals surface area contributed by atoms with Crippen molar-refractivity contribution >= 4 is 274 Å². The van der Waals surface area contributed by atoms with Crippen molar-refractivity contribution in [1.82, 2.24) is 0 Å². The van der Waals surface area contributed by atoms with Crippen molar-refractivity contribution in [1.29, 1.82) is 0 Å². The zero-order valence-electron chi connectivity index (χ0n) is 54.9. The van der Waals surface area contributed by atoms with Gasteiger partial charge in [0.25, 0.3) is 0 Å². The molecule has 0 unspecified atom stereocenters. The third-order valence-corrected chi connectivity index (χ3v) is 46.3. The summed E-state index contributed by atoms with van der Waals surface area (Å²) in [5, 5.41) is 0. The van der Waals surface area contributed by atoms with E-state index in [1.54, 1.807) is 0 Å². The lowest BCUT2D eigenvalue weighted by atomic mass is 10.5. The molecular formula is C48H108Cl16O12Si13. The normalized spacial score (nSPS) is 14.4. The molecule has 0 aromatic heterocycles. The summed E-state index contributed by atoms with van der Waals surface area (Å²) in [5.41, 5.74) is 0. The largest absolute Gasteiger partial charge is 0.679 e. The van der Waals surface area contributed by atoms with Crippen LogP contribution in [0.25, 0.3) is 0 Å². The fourth-order valence-electron chi connectivity index (χ4n) is 8.72. The minimum Gasteiger partial charge on any atom is -0.394 e. The highest BCUT2D eigenvalue weighted by Crippen LogP contribution is 2.32. The average Bonchev–Trinajstić information content (AvgIpc) is 3.47. The Morgan fingerprint density at radius 2 is 0.258 bits per heavy atom. The van der Waals surface area contributed by atoms with E-state index in [0.29, 0.717) is 202 Å². The van der Waals surface area contributed by atoms with Crippen LogP contribution in [-0.4, -0.2) is 176 Å². The standard InChI is InChI=1S/C48H108Cl16O12Si13/c1-77(49,50)37-13-25-65-85(9,66-26-14-38-78(2,51)52)45-21-33-73-89(74-34-22-46-86(10,67-27-15-39-79(3,53)54)68-28-16-40-80(4,55)56,75-35-23-47-87(11,69-29-17-41-81(5,57)58)70-30-18-42-82(6,59)60)76-36-24-48-88(12,71-31-19-43-83(7,61)62)72-32-20-44-84(8,63)64/h13-48H2,1-12H3. The minimum atomic E-state index is -4.06. The van der Waals surface area contributed by atoms with Crippen LogP contribution in [0, 0.1) is 0 Å². The molecule has 0 spiro atoms. The lowest BCUT2D eigenvalue weighted by Crippen LogP contribution is -2.51. The Kier molecular flexibility index (Phi) is 51.2. The maximum absolute atomic E-state index is 6.97. The SMILES string of the molecule is C[Si](Cl)(Cl)CCCO[Si](C)(CCCO[Si](OCCC[Si](C)(OCCC[Si](C)(Cl)Cl)OCCC[Si](C)(Cl)Cl)(OCCC[Si](C)(OCCC[Si](C)(Cl)Cl)OCCC[Si](C)(Cl)Cl)OCCC[Si](C)(OCCC[Si](C)(Cl)Cl)OCCC[Si](C)(Cl)Cl)OCCC[Si](C)(Cl)Cl. The summed E-state index contributed by atoms with van der Waals surface area (Å²) in [6.07, 6.45) is 7.88. The van der Waals surface area contributed by atoms with Crippen molar-refractivity contribution in [3.63, 3.8) is 0 Å². The van der Waals surface area contributed by atoms with Crippen LogP contribution in [0.3, 0.4) is 0 Å². The molecule has 41 heteroatoms. The van der Waals surface area contributed by atoms with E-state index in [1.807, 2.05) is 52.4 Å². The van der Waals surface area contributed by atoms with Gasteiger partial charge in [0.1, 0.15) is 0 Å². The van der Waals surface area contributed by atoms with Gasteiger partial charge in [-0.25, -0.2) is 0 Å². The van der Waals surface area contributed by atoms with Gasteiger partial charge in [-0.05, 0) is 228 Å². The molecule has 0 bridgehead atoms. The Labute approximate surface area is 627 Å². The Morgan fingerprint density at radius 3 is 0.371 bits per heavy atom. The van der Waals surface area contributed by atoms with Crippen LogP contribution in [0.2, 0.25) is 151 Å². The summed E-state index contributed by atoms with van der Waals surface area (Å²) in [6.45, 7) is 9.40. The molecule has 0 heterocycles. The molecule has 0 aliphatic rings. The summed E-state index contributed by atoms with van der Waals surface area (Å²) in [7, 11) is -15.3. The molecule has 0 amide bonds. The average molecular weight is 1810 g/mol. The predicted octanol–water partition coefficient (Wildman–Crippen LogP) is 23.0. The molecule has 0 saturated carbocycles. The molecule has 0 atom stereocenters. The molecule has 0 radical (unpaired) electrons. The number of rotatable bonds is 60. The van der Waals surface area contributed by atoms with E-state index in [0.717, 1.165) is 0 Å². The fraction of sp³-hybridized carbons (Fsp3) is 1.00. The Hall–Kier alpha value is 6.98. The summed E-state index contributed by atoms with van der Waals surface area (Å²) < 4.78 is 81.0. The topological polar surface area (TPSA) is 111 Å². The van der Waals surface area contributed by atoms with Gasteiger partial charge in [-0.2, -0.15) is 0 Å². The molecular weight excluding hydrogens is 1700 g/mol. The molecule has 0 saturated heterocycles. The molecule has 0 aliphatic carbocycles. The first kappa shape index (κ1) is 96.0. The van der Waals surface area contributed by atoms with Gasteiger partial charge in [0.15, 0.2) is 0 Å². The number of hydrogen-bond acceptors (Lipinski definition) is 12. The predicted molar refractivity (Wildman–Crippen MR) is 423 cm³/mol. The maximum Gasteiger partial charge on any atom is 0.679 e. The van der Waals surface area contributed by atoms with Crippen LogP contribution in [-0.2, 0) is 53.1 Å². The second-order valence-electron chi connectivity index (χ2n) is 25.0. The van der Waals surface area contributed by atoms with Gasteiger partial charge in [-0.15, -0.1) is 177 Å². The summed E-state index contributed by atoms with van der Waals surface area (Å²) >= 11 is 104. The van der Waals surface area contributed by atoms with E-state index in [1.165, 1.54) is 0 Å². The van der Waals surface area contributed by atoms with E-state index < -0.39 is 96.8 Å². The minimum absolute atomic E-state index is 0.215. The monoisotopic (exact) mass is 1800 g/mol. The van der Waals surface area contributed by atoms with Gasteiger partial charge < -0.3 is 53.1 Å². The lowest BCUT2D eigenvalue weighted by molar-refractivity contribution is -0.0359. The first-order chi connectivity index (χ1) is 40.5. The third-order valence-electron chi connectivity index (χ3n) is 13.6. The number of hydrogen-bond donors (Lipinski definition) is 0. The highest BCUT2D eigenvalue weighted by atomic mass is 35.7. The molecule has 0 aromatic rings. The summed E-state index contributed by atoms with van der Waals surface area (Å²) in [6, 6.07) is 7.91. The van der Waals surface area contributed by atoms with Crippen molar-refractivity contribution in [3.8, 4) is 0 Å².